The van der Waals surface area contributed by atoms with Crippen LogP contribution in [0.2, 0.25) is 0 Å². The van der Waals surface area contributed by atoms with E-state index in [0.29, 0.717) is 0 Å². The number of aromatic nitrogens is 1. The lowest BCUT2D eigenvalue weighted by atomic mass is 9.85. The number of rotatable bonds is 3. The van der Waals surface area contributed by atoms with E-state index in [1.165, 1.54) is 0 Å². The van der Waals surface area contributed by atoms with Gasteiger partial charge >= 0.3 is 0 Å². The first-order chi connectivity index (χ1) is 12.3. The van der Waals surface area contributed by atoms with E-state index >= 15 is 0 Å². The van der Waals surface area contributed by atoms with E-state index in [1.807, 2.05) is 54.7 Å². The molecule has 0 aliphatic rings. The summed E-state index contributed by atoms with van der Waals surface area (Å²) in [6.45, 7) is 0. The monoisotopic (exact) mass is 317 g/mol. The van der Waals surface area contributed by atoms with E-state index in [9.17, 15) is 0 Å². The fourth-order valence-corrected chi connectivity index (χ4v) is 3.04. The van der Waals surface area contributed by atoms with Gasteiger partial charge in [-0.25, -0.2) is 0 Å². The highest BCUT2D eigenvalue weighted by atomic mass is 14.7. The van der Waals surface area contributed by atoms with Gasteiger partial charge in [-0.3, -0.25) is 4.98 Å². The van der Waals surface area contributed by atoms with Gasteiger partial charge in [-0.15, -0.1) is 0 Å². The summed E-state index contributed by atoms with van der Waals surface area (Å²) in [4.78, 5) is 4.70. The molecular weight excluding hydrogens is 301 g/mol. The van der Waals surface area contributed by atoms with Gasteiger partial charge in [0.05, 0.1) is 5.69 Å². The van der Waals surface area contributed by atoms with E-state index < -0.39 is 0 Å². The zero-order valence-electron chi connectivity index (χ0n) is 13.8. The summed E-state index contributed by atoms with van der Waals surface area (Å²) in [6.07, 6.45) is 1.93. The van der Waals surface area contributed by atoms with E-state index in [4.69, 9.17) is 12.8 Å². The third kappa shape index (κ3) is 3.11. The molecule has 0 aliphatic heterocycles. The number of nitrogens with zero attached hydrogens (tertiary/aromatic N) is 1. The van der Waals surface area contributed by atoms with Crippen molar-refractivity contribution in [3.63, 3.8) is 0 Å². The second-order valence-electron chi connectivity index (χ2n) is 5.93. The summed E-state index contributed by atoms with van der Waals surface area (Å²) in [5, 5.41) is 0. The highest BCUT2D eigenvalue weighted by Crippen LogP contribution is 2.33. The molecule has 1 nitrogen and oxygen atoms in total. The van der Waals surface area contributed by atoms with Crippen molar-refractivity contribution in [2.45, 2.75) is 0 Å². The van der Waals surface area contributed by atoms with Crippen LogP contribution in [0.4, 0.5) is 0 Å². The maximum atomic E-state index is 6.22. The standard InChI is InChI=1S/C23H16BN/c24-22-14-8-7-13-19(22)21-16-25-23(18-11-5-2-6-12-18)15-20(21)17-9-3-1-4-10-17/h1-16H. The van der Waals surface area contributed by atoms with Gasteiger partial charge in [0.2, 0.25) is 0 Å². The van der Waals surface area contributed by atoms with Crippen LogP contribution in [0.5, 0.6) is 0 Å². The normalized spacial score (nSPS) is 10.6. The van der Waals surface area contributed by atoms with Gasteiger partial charge in [0.15, 0.2) is 0 Å². The Kier molecular flexibility index (Phi) is 4.18. The molecule has 0 unspecified atom stereocenters. The van der Waals surface area contributed by atoms with Crippen LogP contribution in [-0.4, -0.2) is 12.8 Å². The lowest BCUT2D eigenvalue weighted by Gasteiger charge is -2.14. The molecule has 116 valence electrons. The van der Waals surface area contributed by atoms with Crippen LogP contribution in [0, 0.1) is 0 Å². The van der Waals surface area contributed by atoms with Gasteiger partial charge in [-0.2, -0.15) is 0 Å². The Labute approximate surface area is 149 Å². The third-order valence-electron chi connectivity index (χ3n) is 4.31. The van der Waals surface area contributed by atoms with Gasteiger partial charge in [0, 0.05) is 17.3 Å². The Morgan fingerprint density at radius 1 is 0.560 bits per heavy atom. The minimum absolute atomic E-state index is 0.758. The zero-order chi connectivity index (χ0) is 17.1. The largest absolute Gasteiger partial charge is 0.256 e. The minimum Gasteiger partial charge on any atom is -0.256 e. The molecule has 4 aromatic rings. The van der Waals surface area contributed by atoms with Crippen molar-refractivity contribution in [3.05, 3.63) is 97.2 Å². The van der Waals surface area contributed by atoms with Crippen LogP contribution in [0.1, 0.15) is 0 Å². The molecule has 0 spiro atoms. The van der Waals surface area contributed by atoms with E-state index in [2.05, 4.69) is 42.5 Å². The molecule has 1 heterocycles. The molecule has 2 radical (unpaired) electrons. The van der Waals surface area contributed by atoms with Gasteiger partial charge in [-0.1, -0.05) is 90.4 Å². The second-order valence-corrected chi connectivity index (χ2v) is 5.93. The Morgan fingerprint density at radius 3 is 1.84 bits per heavy atom. The molecule has 0 amide bonds. The highest BCUT2D eigenvalue weighted by Gasteiger charge is 2.12. The molecule has 1 aromatic heterocycles. The zero-order valence-corrected chi connectivity index (χ0v) is 13.8. The topological polar surface area (TPSA) is 12.9 Å². The summed E-state index contributed by atoms with van der Waals surface area (Å²) >= 11 is 0. The molecule has 0 saturated carbocycles. The first-order valence-corrected chi connectivity index (χ1v) is 8.29. The predicted molar refractivity (Wildman–Crippen MR) is 106 cm³/mol. The van der Waals surface area contributed by atoms with Gasteiger partial charge in [-0.05, 0) is 22.8 Å². The van der Waals surface area contributed by atoms with Gasteiger partial charge < -0.3 is 0 Å². The molecule has 0 fully saturated rings. The van der Waals surface area contributed by atoms with Crippen molar-refractivity contribution in [2.24, 2.45) is 0 Å². The molecule has 3 aromatic carbocycles. The van der Waals surface area contributed by atoms with Crippen LogP contribution in [0.25, 0.3) is 33.5 Å². The summed E-state index contributed by atoms with van der Waals surface area (Å²) in [5.41, 5.74) is 7.16. The molecule has 0 aliphatic carbocycles. The van der Waals surface area contributed by atoms with E-state index in [-0.39, 0.29) is 0 Å². The predicted octanol–water partition coefficient (Wildman–Crippen LogP) is 4.88. The minimum atomic E-state index is 0.758. The molecule has 0 atom stereocenters. The smallest absolute Gasteiger partial charge is 0.114 e. The molecule has 0 N–H and O–H groups in total. The summed E-state index contributed by atoms with van der Waals surface area (Å²) in [6, 6.07) is 30.7. The Hall–Kier alpha value is -3.13. The number of hydrogen-bond acceptors (Lipinski definition) is 1. The molecule has 25 heavy (non-hydrogen) atoms. The molecule has 2 heteroatoms. The van der Waals surface area contributed by atoms with E-state index in [0.717, 1.165) is 39.0 Å². The number of hydrogen-bond donors (Lipinski definition) is 0. The van der Waals surface area contributed by atoms with Crippen LogP contribution >= 0.6 is 0 Å². The Balaban J connectivity index is 1.95. The summed E-state index contributed by atoms with van der Waals surface area (Å²) < 4.78 is 0. The molecule has 4 rings (SSSR count). The Bertz CT molecular complexity index is 995. The fraction of sp³-hybridized carbons (Fsp3) is 0. The van der Waals surface area contributed by atoms with Crippen molar-refractivity contribution in [1.82, 2.24) is 4.98 Å². The van der Waals surface area contributed by atoms with Crippen molar-refractivity contribution >= 4 is 13.3 Å². The van der Waals surface area contributed by atoms with Crippen LogP contribution in [-0.2, 0) is 0 Å². The second kappa shape index (κ2) is 6.78. The molecule has 0 saturated heterocycles. The van der Waals surface area contributed by atoms with Crippen LogP contribution in [0.15, 0.2) is 97.2 Å². The number of benzene rings is 3. The summed E-state index contributed by atoms with van der Waals surface area (Å²) in [7, 11) is 6.22. The maximum Gasteiger partial charge on any atom is 0.114 e. The van der Waals surface area contributed by atoms with Gasteiger partial charge in [0.1, 0.15) is 7.85 Å². The first kappa shape index (κ1) is 15.4. The van der Waals surface area contributed by atoms with Gasteiger partial charge in [0.25, 0.3) is 0 Å². The van der Waals surface area contributed by atoms with Crippen LogP contribution < -0.4 is 5.46 Å². The van der Waals surface area contributed by atoms with E-state index in [1.54, 1.807) is 0 Å². The molecule has 0 bridgehead atoms. The first-order valence-electron chi connectivity index (χ1n) is 8.29. The average molecular weight is 317 g/mol. The quantitative estimate of drug-likeness (QED) is 0.491. The van der Waals surface area contributed by atoms with Crippen LogP contribution in [0.3, 0.4) is 0 Å². The molecular formula is C23H16BN. The van der Waals surface area contributed by atoms with Crippen molar-refractivity contribution in [1.29, 1.82) is 0 Å². The SMILES string of the molecule is [B]c1ccccc1-c1cnc(-c2ccccc2)cc1-c1ccccc1. The lowest BCUT2D eigenvalue weighted by Crippen LogP contribution is -2.06. The maximum absolute atomic E-state index is 6.22. The Morgan fingerprint density at radius 2 is 1.16 bits per heavy atom. The summed E-state index contributed by atoms with van der Waals surface area (Å²) in [5.74, 6) is 0. The highest BCUT2D eigenvalue weighted by molar-refractivity contribution is 6.36. The van der Waals surface area contributed by atoms with Crippen molar-refractivity contribution in [2.75, 3.05) is 0 Å². The fourth-order valence-electron chi connectivity index (χ4n) is 3.04. The third-order valence-corrected chi connectivity index (χ3v) is 4.31. The average Bonchev–Trinajstić information content (AvgIpc) is 2.69. The van der Waals surface area contributed by atoms with Crippen molar-refractivity contribution < 1.29 is 0 Å². The number of pyridine rings is 1. The van der Waals surface area contributed by atoms with Crippen molar-refractivity contribution in [3.8, 4) is 33.5 Å². The lowest BCUT2D eigenvalue weighted by molar-refractivity contribution is 1.33.